The summed E-state index contributed by atoms with van der Waals surface area (Å²) in [5.41, 5.74) is 3.62. The van der Waals surface area contributed by atoms with Crippen LogP contribution in [0.25, 0.3) is 0 Å². The number of hydrogen-bond acceptors (Lipinski definition) is 4. The molecule has 0 aliphatic heterocycles. The summed E-state index contributed by atoms with van der Waals surface area (Å²) >= 11 is 0. The highest BCUT2D eigenvalue weighted by molar-refractivity contribution is 7.46. The molecule has 2 N–H and O–H groups in total. The molecule has 1 amide bonds. The molecule has 8 heteroatoms. The molecule has 0 aromatic heterocycles. The minimum absolute atomic E-state index is 0.0218. The van der Waals surface area contributed by atoms with Crippen LogP contribution in [0.4, 0.5) is 0 Å². The van der Waals surface area contributed by atoms with Crippen molar-refractivity contribution in [1.29, 1.82) is 0 Å². The van der Waals surface area contributed by atoms with Gasteiger partial charge in [0, 0.05) is 19.0 Å². The standard InChI is InChI=1S/C29H42NO6P/c1-3-4-5-6-7-8-23-9-11-24(12-10-23)13-16-26-21-28(26)29(31)30(19-20-36-37(32,33)34)22-25-14-17-27(35-2)18-15-25/h9-12,14-15,17-18,26,28H,3-8,13,16,19-22H2,1-2H3,(H2,32,33,34). The predicted molar refractivity (Wildman–Crippen MR) is 145 cm³/mol. The van der Waals surface area contributed by atoms with Crippen LogP contribution in [0.15, 0.2) is 48.5 Å². The molecule has 1 fully saturated rings. The topological polar surface area (TPSA) is 96.3 Å². The zero-order valence-corrected chi connectivity index (χ0v) is 23.1. The third-order valence-electron chi connectivity index (χ3n) is 7.10. The SMILES string of the molecule is CCCCCCCc1ccc(CCC2CC2C(=O)N(CCOP(=O)(O)O)Cc2ccc(OC)cc2)cc1. The van der Waals surface area contributed by atoms with Gasteiger partial charge < -0.3 is 19.4 Å². The molecule has 0 spiro atoms. The van der Waals surface area contributed by atoms with Crippen LogP contribution in [-0.2, 0) is 33.3 Å². The van der Waals surface area contributed by atoms with Crippen LogP contribution >= 0.6 is 7.82 Å². The first-order chi connectivity index (χ1) is 17.8. The van der Waals surface area contributed by atoms with E-state index < -0.39 is 7.82 Å². The van der Waals surface area contributed by atoms with E-state index >= 15 is 0 Å². The summed E-state index contributed by atoms with van der Waals surface area (Å²) in [7, 11) is -2.98. The largest absolute Gasteiger partial charge is 0.497 e. The number of methoxy groups -OCH3 is 1. The molecule has 2 unspecified atom stereocenters. The molecule has 1 aliphatic carbocycles. The quantitative estimate of drug-likeness (QED) is 0.194. The van der Waals surface area contributed by atoms with Crippen LogP contribution in [-0.4, -0.2) is 40.9 Å². The Labute approximate surface area is 221 Å². The van der Waals surface area contributed by atoms with Crippen molar-refractivity contribution in [3.05, 3.63) is 65.2 Å². The van der Waals surface area contributed by atoms with Crippen molar-refractivity contribution in [3.63, 3.8) is 0 Å². The number of hydrogen-bond donors (Lipinski definition) is 2. The van der Waals surface area contributed by atoms with E-state index in [1.54, 1.807) is 12.0 Å². The van der Waals surface area contributed by atoms with E-state index in [2.05, 4.69) is 35.7 Å². The molecule has 1 aliphatic rings. The number of carbonyl (C=O) groups is 1. The summed E-state index contributed by atoms with van der Waals surface area (Å²) in [4.78, 5) is 33.0. The number of unbranched alkanes of at least 4 members (excludes halogenated alkanes) is 4. The van der Waals surface area contributed by atoms with Gasteiger partial charge in [0.1, 0.15) is 5.75 Å². The third kappa shape index (κ3) is 10.6. The minimum atomic E-state index is -4.58. The molecule has 0 saturated heterocycles. The zero-order valence-electron chi connectivity index (χ0n) is 22.2. The predicted octanol–water partition coefficient (Wildman–Crippen LogP) is 5.91. The molecule has 0 heterocycles. The summed E-state index contributed by atoms with van der Waals surface area (Å²) in [5, 5.41) is 0. The lowest BCUT2D eigenvalue weighted by atomic mass is 10.0. The number of ether oxygens (including phenoxy) is 1. The van der Waals surface area contributed by atoms with Crippen molar-refractivity contribution in [2.75, 3.05) is 20.3 Å². The molecular weight excluding hydrogens is 489 g/mol. The maximum atomic E-state index is 13.3. The Balaban J connectivity index is 1.48. The number of nitrogens with zero attached hydrogens (tertiary/aromatic N) is 1. The highest BCUT2D eigenvalue weighted by Crippen LogP contribution is 2.43. The van der Waals surface area contributed by atoms with Gasteiger partial charge in [-0.15, -0.1) is 0 Å². The zero-order chi connectivity index (χ0) is 26.7. The van der Waals surface area contributed by atoms with Crippen LogP contribution in [0.1, 0.15) is 68.6 Å². The Kier molecular flexibility index (Phi) is 11.7. The fourth-order valence-electron chi connectivity index (χ4n) is 4.75. The second-order valence-corrected chi connectivity index (χ2v) is 11.3. The Morgan fingerprint density at radius 1 is 0.946 bits per heavy atom. The number of aryl methyl sites for hydroxylation is 2. The summed E-state index contributed by atoms with van der Waals surface area (Å²) < 4.78 is 20.9. The van der Waals surface area contributed by atoms with Crippen molar-refractivity contribution < 1.29 is 28.4 Å². The van der Waals surface area contributed by atoms with Crippen molar-refractivity contribution in [2.24, 2.45) is 11.8 Å². The van der Waals surface area contributed by atoms with E-state index in [1.165, 1.54) is 43.2 Å². The van der Waals surface area contributed by atoms with Gasteiger partial charge in [0.05, 0.1) is 13.7 Å². The Morgan fingerprint density at radius 2 is 1.57 bits per heavy atom. The lowest BCUT2D eigenvalue weighted by Crippen LogP contribution is -2.35. The van der Waals surface area contributed by atoms with Crippen LogP contribution in [0.5, 0.6) is 5.75 Å². The lowest BCUT2D eigenvalue weighted by Gasteiger charge is -2.23. The van der Waals surface area contributed by atoms with Gasteiger partial charge in [-0.3, -0.25) is 9.32 Å². The van der Waals surface area contributed by atoms with Crippen molar-refractivity contribution in [3.8, 4) is 5.75 Å². The molecule has 2 aromatic rings. The molecule has 2 atom stereocenters. The normalized spacial score (nSPS) is 17.0. The van der Waals surface area contributed by atoms with E-state index in [1.807, 2.05) is 24.3 Å². The molecule has 0 bridgehead atoms. The average Bonchev–Trinajstić information content (AvgIpc) is 3.66. The molecule has 7 nitrogen and oxygen atoms in total. The minimum Gasteiger partial charge on any atom is -0.497 e. The summed E-state index contributed by atoms with van der Waals surface area (Å²) in [5.74, 6) is 1.05. The third-order valence-corrected chi connectivity index (χ3v) is 7.62. The van der Waals surface area contributed by atoms with Crippen molar-refractivity contribution in [1.82, 2.24) is 4.90 Å². The summed E-state index contributed by atoms with van der Waals surface area (Å²) in [6, 6.07) is 16.4. The molecule has 1 saturated carbocycles. The molecule has 0 radical (unpaired) electrons. The monoisotopic (exact) mass is 531 g/mol. The highest BCUT2D eigenvalue weighted by atomic mass is 31.2. The Morgan fingerprint density at radius 3 is 2.19 bits per heavy atom. The molecule has 37 heavy (non-hydrogen) atoms. The van der Waals surface area contributed by atoms with E-state index in [0.717, 1.165) is 37.0 Å². The summed E-state index contributed by atoms with van der Waals surface area (Å²) in [6.45, 7) is 2.51. The van der Waals surface area contributed by atoms with Gasteiger partial charge in [-0.1, -0.05) is 69.0 Å². The van der Waals surface area contributed by atoms with E-state index in [4.69, 9.17) is 14.5 Å². The smallest absolute Gasteiger partial charge is 0.469 e. The van der Waals surface area contributed by atoms with Gasteiger partial charge >= 0.3 is 7.82 Å². The second kappa shape index (κ2) is 14.7. The molecule has 3 rings (SSSR count). The van der Waals surface area contributed by atoms with Crippen LogP contribution < -0.4 is 4.74 Å². The summed E-state index contributed by atoms with van der Waals surface area (Å²) in [6.07, 6.45) is 10.4. The fourth-order valence-corrected chi connectivity index (χ4v) is 5.07. The van der Waals surface area contributed by atoms with Crippen LogP contribution in [0.2, 0.25) is 0 Å². The first-order valence-corrected chi connectivity index (χ1v) is 15.0. The molecule has 204 valence electrons. The van der Waals surface area contributed by atoms with Gasteiger partial charge in [-0.25, -0.2) is 4.57 Å². The molecule has 2 aromatic carbocycles. The fraction of sp³-hybridized carbons (Fsp3) is 0.552. The number of rotatable bonds is 17. The first kappa shape index (κ1) is 29.4. The number of phosphoric acid groups is 1. The van der Waals surface area contributed by atoms with Gasteiger partial charge in [0.2, 0.25) is 5.91 Å². The van der Waals surface area contributed by atoms with Crippen LogP contribution in [0.3, 0.4) is 0 Å². The van der Waals surface area contributed by atoms with Crippen molar-refractivity contribution in [2.45, 2.75) is 71.3 Å². The number of amides is 1. The number of phosphoric ester groups is 1. The van der Waals surface area contributed by atoms with Gasteiger partial charge in [-0.2, -0.15) is 0 Å². The first-order valence-electron chi connectivity index (χ1n) is 13.5. The van der Waals surface area contributed by atoms with Gasteiger partial charge in [0.25, 0.3) is 0 Å². The maximum absolute atomic E-state index is 13.3. The average molecular weight is 532 g/mol. The number of benzene rings is 2. The van der Waals surface area contributed by atoms with E-state index in [-0.39, 0.29) is 25.0 Å². The Bertz CT molecular complexity index is 1000. The van der Waals surface area contributed by atoms with E-state index in [0.29, 0.717) is 12.5 Å². The van der Waals surface area contributed by atoms with Crippen molar-refractivity contribution >= 4 is 13.7 Å². The van der Waals surface area contributed by atoms with Gasteiger partial charge in [-0.05, 0) is 66.8 Å². The van der Waals surface area contributed by atoms with Crippen LogP contribution in [0, 0.1) is 11.8 Å². The molecular formula is C29H42NO6P. The number of carbonyl (C=O) groups excluding carboxylic acids is 1. The lowest BCUT2D eigenvalue weighted by molar-refractivity contribution is -0.134. The highest BCUT2D eigenvalue weighted by Gasteiger charge is 2.44. The maximum Gasteiger partial charge on any atom is 0.469 e. The van der Waals surface area contributed by atoms with Gasteiger partial charge in [0.15, 0.2) is 0 Å². The Hall–Kier alpha value is -2.18. The van der Waals surface area contributed by atoms with E-state index in [9.17, 15) is 9.36 Å². The second-order valence-electron chi connectivity index (χ2n) is 10.1.